The summed E-state index contributed by atoms with van der Waals surface area (Å²) in [5, 5.41) is 15.1. The molecule has 0 atom stereocenters. The van der Waals surface area contributed by atoms with Crippen molar-refractivity contribution in [2.45, 2.75) is 13.0 Å². The van der Waals surface area contributed by atoms with Crippen molar-refractivity contribution in [1.82, 2.24) is 20.2 Å². The molecule has 0 radical (unpaired) electrons. The summed E-state index contributed by atoms with van der Waals surface area (Å²) >= 11 is 0. The normalized spacial score (nSPS) is 10.6. The molecule has 0 saturated heterocycles. The summed E-state index contributed by atoms with van der Waals surface area (Å²) in [6.45, 7) is 0.697. The fourth-order valence-electron chi connectivity index (χ4n) is 2.79. The van der Waals surface area contributed by atoms with Crippen molar-refractivity contribution in [3.8, 4) is 11.4 Å². The van der Waals surface area contributed by atoms with Gasteiger partial charge in [-0.15, -0.1) is 10.2 Å². The Balaban J connectivity index is 1.22. The first kappa shape index (κ1) is 20.0. The van der Waals surface area contributed by atoms with Crippen molar-refractivity contribution in [3.63, 3.8) is 0 Å². The third-order valence-corrected chi connectivity index (χ3v) is 4.34. The molecule has 2 heterocycles. The molecule has 2 aromatic heterocycles. The zero-order valence-electron chi connectivity index (χ0n) is 16.5. The molecule has 0 bridgehead atoms. The van der Waals surface area contributed by atoms with E-state index in [4.69, 9.17) is 9.15 Å². The number of ether oxygens (including phenoxy) is 1. The topological polar surface area (TPSA) is 112 Å². The molecule has 0 saturated carbocycles. The van der Waals surface area contributed by atoms with Crippen LogP contribution in [0.15, 0.2) is 77.4 Å². The van der Waals surface area contributed by atoms with E-state index in [2.05, 4.69) is 20.7 Å². The Bertz CT molecular complexity index is 1140. The highest BCUT2D eigenvalue weighted by atomic mass is 16.5. The monoisotopic (exact) mass is 417 g/mol. The average molecular weight is 417 g/mol. The standard InChI is InChI=1S/C22H19N5O4/c28-21(19-8-4-14-30-19)23-18-11-9-17(10-12-18)22(29)31-15-5-13-27-25-20(24-26-27)16-6-2-1-3-7-16/h1-4,6-12,14H,5,13,15H2,(H,23,28). The molecule has 1 N–H and O–H groups in total. The van der Waals surface area contributed by atoms with Crippen LogP contribution in [0.4, 0.5) is 5.69 Å². The smallest absolute Gasteiger partial charge is 0.338 e. The molecule has 0 fully saturated rings. The van der Waals surface area contributed by atoms with Crippen LogP contribution in [-0.2, 0) is 11.3 Å². The molecule has 2 aromatic carbocycles. The van der Waals surface area contributed by atoms with E-state index in [1.807, 2.05) is 30.3 Å². The zero-order chi connectivity index (χ0) is 21.5. The molecule has 0 aliphatic carbocycles. The predicted octanol–water partition coefficient (Wildman–Crippen LogP) is 3.43. The van der Waals surface area contributed by atoms with E-state index in [9.17, 15) is 9.59 Å². The van der Waals surface area contributed by atoms with E-state index >= 15 is 0 Å². The molecule has 9 nitrogen and oxygen atoms in total. The summed E-state index contributed by atoms with van der Waals surface area (Å²) in [4.78, 5) is 25.6. The van der Waals surface area contributed by atoms with E-state index in [-0.39, 0.29) is 18.3 Å². The Hall–Kier alpha value is -4.27. The minimum absolute atomic E-state index is 0.209. The number of hydrogen-bond donors (Lipinski definition) is 1. The number of tetrazole rings is 1. The van der Waals surface area contributed by atoms with Crippen molar-refractivity contribution in [3.05, 3.63) is 84.3 Å². The van der Waals surface area contributed by atoms with Gasteiger partial charge in [0, 0.05) is 17.7 Å². The lowest BCUT2D eigenvalue weighted by Gasteiger charge is -2.06. The molecular weight excluding hydrogens is 398 g/mol. The maximum atomic E-state index is 12.2. The van der Waals surface area contributed by atoms with Gasteiger partial charge < -0.3 is 14.5 Å². The SMILES string of the molecule is O=C(OCCCn1nnc(-c2ccccc2)n1)c1ccc(NC(=O)c2ccco2)cc1. The van der Waals surface area contributed by atoms with Crippen LogP contribution in [0.25, 0.3) is 11.4 Å². The summed E-state index contributed by atoms with van der Waals surface area (Å²) in [7, 11) is 0. The number of carbonyl (C=O) groups excluding carboxylic acids is 2. The van der Waals surface area contributed by atoms with Gasteiger partial charge >= 0.3 is 5.97 Å². The second kappa shape index (κ2) is 9.49. The number of esters is 1. The summed E-state index contributed by atoms with van der Waals surface area (Å²) in [5.41, 5.74) is 1.83. The van der Waals surface area contributed by atoms with E-state index in [0.29, 0.717) is 30.0 Å². The number of hydrogen-bond acceptors (Lipinski definition) is 7. The number of benzene rings is 2. The van der Waals surface area contributed by atoms with Gasteiger partial charge in [0.25, 0.3) is 5.91 Å². The molecule has 0 spiro atoms. The van der Waals surface area contributed by atoms with Gasteiger partial charge in [0.1, 0.15) is 0 Å². The van der Waals surface area contributed by atoms with E-state index in [1.54, 1.807) is 36.4 Å². The van der Waals surface area contributed by atoms with E-state index in [1.165, 1.54) is 11.1 Å². The predicted molar refractivity (Wildman–Crippen MR) is 111 cm³/mol. The Morgan fingerprint density at radius 1 is 1.00 bits per heavy atom. The summed E-state index contributed by atoms with van der Waals surface area (Å²) in [6.07, 6.45) is 1.97. The van der Waals surface area contributed by atoms with Crippen LogP contribution < -0.4 is 5.32 Å². The van der Waals surface area contributed by atoms with Crippen LogP contribution >= 0.6 is 0 Å². The van der Waals surface area contributed by atoms with Gasteiger partial charge in [-0.2, -0.15) is 4.80 Å². The number of aryl methyl sites for hydroxylation is 1. The molecular formula is C22H19N5O4. The van der Waals surface area contributed by atoms with E-state index < -0.39 is 5.97 Å². The van der Waals surface area contributed by atoms with Crippen LogP contribution in [0.2, 0.25) is 0 Å². The minimum atomic E-state index is -0.444. The van der Waals surface area contributed by atoms with Gasteiger partial charge in [-0.05, 0) is 41.6 Å². The molecule has 1 amide bonds. The van der Waals surface area contributed by atoms with Crippen LogP contribution in [0.5, 0.6) is 0 Å². The Kier molecular flexibility index (Phi) is 6.13. The number of anilines is 1. The third-order valence-electron chi connectivity index (χ3n) is 4.34. The lowest BCUT2D eigenvalue weighted by Crippen LogP contribution is -2.12. The van der Waals surface area contributed by atoms with Crippen LogP contribution in [0.1, 0.15) is 27.3 Å². The van der Waals surface area contributed by atoms with Crippen LogP contribution in [0.3, 0.4) is 0 Å². The van der Waals surface area contributed by atoms with Crippen molar-refractivity contribution >= 4 is 17.6 Å². The van der Waals surface area contributed by atoms with Crippen molar-refractivity contribution in [1.29, 1.82) is 0 Å². The van der Waals surface area contributed by atoms with Crippen molar-refractivity contribution in [2.75, 3.05) is 11.9 Å². The highest BCUT2D eigenvalue weighted by Gasteiger charge is 2.11. The number of furan rings is 1. The number of aromatic nitrogens is 4. The van der Waals surface area contributed by atoms with E-state index in [0.717, 1.165) is 5.56 Å². The van der Waals surface area contributed by atoms with Gasteiger partial charge in [-0.1, -0.05) is 30.3 Å². The first-order valence-electron chi connectivity index (χ1n) is 9.64. The quantitative estimate of drug-likeness (QED) is 0.345. The summed E-state index contributed by atoms with van der Waals surface area (Å²) in [6, 6.07) is 19.2. The first-order valence-corrected chi connectivity index (χ1v) is 9.64. The molecule has 0 aliphatic heterocycles. The number of carbonyl (C=O) groups is 2. The first-order chi connectivity index (χ1) is 15.2. The number of nitrogens with one attached hydrogen (secondary N) is 1. The van der Waals surface area contributed by atoms with Gasteiger partial charge in [0.2, 0.25) is 5.82 Å². The average Bonchev–Trinajstić information content (AvgIpc) is 3.50. The second-order valence-electron chi connectivity index (χ2n) is 6.57. The highest BCUT2D eigenvalue weighted by Crippen LogP contribution is 2.13. The Morgan fingerprint density at radius 3 is 2.55 bits per heavy atom. The lowest BCUT2D eigenvalue weighted by atomic mass is 10.2. The van der Waals surface area contributed by atoms with Crippen molar-refractivity contribution < 1.29 is 18.7 Å². The Labute approximate surface area is 177 Å². The molecule has 4 aromatic rings. The molecule has 4 rings (SSSR count). The molecule has 156 valence electrons. The van der Waals surface area contributed by atoms with Gasteiger partial charge in [0.05, 0.1) is 25.0 Å². The lowest BCUT2D eigenvalue weighted by molar-refractivity contribution is 0.0493. The maximum Gasteiger partial charge on any atom is 0.338 e. The minimum Gasteiger partial charge on any atom is -0.462 e. The van der Waals surface area contributed by atoms with Crippen LogP contribution in [-0.4, -0.2) is 38.7 Å². The number of nitrogens with zero attached hydrogens (tertiary/aromatic N) is 4. The zero-order valence-corrected chi connectivity index (χ0v) is 16.5. The maximum absolute atomic E-state index is 12.2. The van der Waals surface area contributed by atoms with Gasteiger partial charge in [-0.25, -0.2) is 4.79 Å². The third kappa shape index (κ3) is 5.21. The number of amides is 1. The highest BCUT2D eigenvalue weighted by molar-refractivity contribution is 6.02. The number of rotatable bonds is 8. The summed E-state index contributed by atoms with van der Waals surface area (Å²) in [5.74, 6) is -0.0454. The summed E-state index contributed by atoms with van der Waals surface area (Å²) < 4.78 is 10.3. The molecule has 0 aliphatic rings. The van der Waals surface area contributed by atoms with Gasteiger partial charge in [0.15, 0.2) is 5.76 Å². The molecule has 31 heavy (non-hydrogen) atoms. The fraction of sp³-hybridized carbons (Fsp3) is 0.136. The molecule has 9 heteroatoms. The molecule has 0 unspecified atom stereocenters. The van der Waals surface area contributed by atoms with Gasteiger partial charge in [-0.3, -0.25) is 4.79 Å². The fourth-order valence-corrected chi connectivity index (χ4v) is 2.79. The second-order valence-corrected chi connectivity index (χ2v) is 6.57. The van der Waals surface area contributed by atoms with Crippen LogP contribution in [0, 0.1) is 0 Å². The largest absolute Gasteiger partial charge is 0.462 e. The Morgan fingerprint density at radius 2 is 1.81 bits per heavy atom. The van der Waals surface area contributed by atoms with Crippen molar-refractivity contribution in [2.24, 2.45) is 0 Å².